The van der Waals surface area contributed by atoms with Crippen LogP contribution in [-0.4, -0.2) is 11.6 Å². The maximum Gasteiger partial charge on any atom is 0.142 e. The molecule has 2 rings (SSSR count). The third-order valence-electron chi connectivity index (χ3n) is 2.78. The molecule has 1 heterocycles. The van der Waals surface area contributed by atoms with Crippen LogP contribution >= 0.6 is 0 Å². The number of pyridine rings is 1. The summed E-state index contributed by atoms with van der Waals surface area (Å²) in [4.78, 5) is 4.30. The highest BCUT2D eigenvalue weighted by Gasteiger charge is 2.04. The Labute approximate surface area is 114 Å². The summed E-state index contributed by atoms with van der Waals surface area (Å²) in [7, 11) is 0. The van der Waals surface area contributed by atoms with Gasteiger partial charge in [-0.25, -0.2) is 0 Å². The molecule has 0 aliphatic rings. The highest BCUT2D eigenvalue weighted by atomic mass is 16.5. The van der Waals surface area contributed by atoms with Crippen molar-refractivity contribution in [3.8, 4) is 5.75 Å². The number of benzene rings is 1. The SMILES string of the molecule is CCCOc1ccc(C)cc1NCc1ccccn1. The van der Waals surface area contributed by atoms with E-state index in [0.29, 0.717) is 6.54 Å². The smallest absolute Gasteiger partial charge is 0.142 e. The molecule has 3 heteroatoms. The minimum absolute atomic E-state index is 0.701. The summed E-state index contributed by atoms with van der Waals surface area (Å²) in [6.07, 6.45) is 2.81. The number of nitrogens with zero attached hydrogens (tertiary/aromatic N) is 1. The Morgan fingerprint density at radius 3 is 2.84 bits per heavy atom. The lowest BCUT2D eigenvalue weighted by Gasteiger charge is -2.13. The van der Waals surface area contributed by atoms with Gasteiger partial charge in [0.2, 0.25) is 0 Å². The van der Waals surface area contributed by atoms with Gasteiger partial charge in [0, 0.05) is 6.20 Å². The molecular formula is C16H20N2O. The van der Waals surface area contributed by atoms with E-state index in [1.54, 1.807) is 0 Å². The molecule has 0 atom stereocenters. The molecule has 0 saturated heterocycles. The molecule has 0 fully saturated rings. The number of rotatable bonds is 6. The van der Waals surface area contributed by atoms with Crippen LogP contribution in [0.5, 0.6) is 5.75 Å². The van der Waals surface area contributed by atoms with Crippen molar-refractivity contribution in [2.75, 3.05) is 11.9 Å². The van der Waals surface area contributed by atoms with E-state index in [4.69, 9.17) is 4.74 Å². The molecule has 0 saturated carbocycles. The lowest BCUT2D eigenvalue weighted by atomic mass is 10.2. The fraction of sp³-hybridized carbons (Fsp3) is 0.312. The highest BCUT2D eigenvalue weighted by Crippen LogP contribution is 2.26. The average molecular weight is 256 g/mol. The fourth-order valence-corrected chi connectivity index (χ4v) is 1.81. The van der Waals surface area contributed by atoms with Crippen LogP contribution < -0.4 is 10.1 Å². The molecule has 100 valence electrons. The Balaban J connectivity index is 2.07. The van der Waals surface area contributed by atoms with Crippen molar-refractivity contribution in [3.05, 3.63) is 53.9 Å². The number of ether oxygens (including phenoxy) is 1. The lowest BCUT2D eigenvalue weighted by molar-refractivity contribution is 0.319. The number of aromatic nitrogens is 1. The van der Waals surface area contributed by atoms with Gasteiger partial charge in [-0.15, -0.1) is 0 Å². The third-order valence-corrected chi connectivity index (χ3v) is 2.78. The van der Waals surface area contributed by atoms with Gasteiger partial charge in [0.05, 0.1) is 24.5 Å². The largest absolute Gasteiger partial charge is 0.491 e. The van der Waals surface area contributed by atoms with E-state index in [-0.39, 0.29) is 0 Å². The van der Waals surface area contributed by atoms with Crippen LogP contribution in [0.1, 0.15) is 24.6 Å². The second-order valence-corrected chi connectivity index (χ2v) is 4.52. The van der Waals surface area contributed by atoms with Crippen molar-refractivity contribution in [2.24, 2.45) is 0 Å². The Bertz CT molecular complexity index is 511. The third kappa shape index (κ3) is 3.98. The molecule has 0 spiro atoms. The first kappa shape index (κ1) is 13.4. The minimum atomic E-state index is 0.701. The van der Waals surface area contributed by atoms with Crippen molar-refractivity contribution in [1.82, 2.24) is 4.98 Å². The zero-order valence-electron chi connectivity index (χ0n) is 11.5. The Hall–Kier alpha value is -2.03. The first-order chi connectivity index (χ1) is 9.29. The molecule has 3 nitrogen and oxygen atoms in total. The predicted octanol–water partition coefficient (Wildman–Crippen LogP) is 3.79. The van der Waals surface area contributed by atoms with Crippen molar-refractivity contribution < 1.29 is 4.74 Å². The second kappa shape index (κ2) is 6.78. The Kier molecular flexibility index (Phi) is 4.78. The standard InChI is InChI=1S/C16H20N2O/c1-3-10-19-16-8-7-13(2)11-15(16)18-12-14-6-4-5-9-17-14/h4-9,11,18H,3,10,12H2,1-2H3. The number of nitrogens with one attached hydrogen (secondary N) is 1. The van der Waals surface area contributed by atoms with Crippen LogP contribution in [-0.2, 0) is 6.54 Å². The van der Waals surface area contributed by atoms with Crippen molar-refractivity contribution in [2.45, 2.75) is 26.8 Å². The van der Waals surface area contributed by atoms with Crippen molar-refractivity contribution >= 4 is 5.69 Å². The minimum Gasteiger partial charge on any atom is -0.491 e. The molecule has 0 unspecified atom stereocenters. The zero-order chi connectivity index (χ0) is 13.5. The van der Waals surface area contributed by atoms with E-state index in [0.717, 1.165) is 30.2 Å². The molecule has 0 aliphatic carbocycles. The van der Waals surface area contributed by atoms with Gasteiger partial charge in [-0.05, 0) is 43.2 Å². The van der Waals surface area contributed by atoms with Gasteiger partial charge >= 0.3 is 0 Å². The quantitative estimate of drug-likeness (QED) is 0.853. The molecule has 1 N–H and O–H groups in total. The summed E-state index contributed by atoms with van der Waals surface area (Å²) >= 11 is 0. The highest BCUT2D eigenvalue weighted by molar-refractivity contribution is 5.58. The van der Waals surface area contributed by atoms with Gasteiger partial charge in [-0.2, -0.15) is 0 Å². The Morgan fingerprint density at radius 2 is 2.11 bits per heavy atom. The van der Waals surface area contributed by atoms with Crippen molar-refractivity contribution in [3.63, 3.8) is 0 Å². The van der Waals surface area contributed by atoms with Gasteiger partial charge < -0.3 is 10.1 Å². The van der Waals surface area contributed by atoms with E-state index in [1.807, 2.05) is 30.5 Å². The van der Waals surface area contributed by atoms with Crippen molar-refractivity contribution in [1.29, 1.82) is 0 Å². The monoisotopic (exact) mass is 256 g/mol. The number of anilines is 1. The van der Waals surface area contributed by atoms with Gasteiger partial charge in [-0.1, -0.05) is 19.1 Å². The fourth-order valence-electron chi connectivity index (χ4n) is 1.81. The van der Waals surface area contributed by atoms with E-state index in [1.165, 1.54) is 5.56 Å². The van der Waals surface area contributed by atoms with Crippen LogP contribution in [0, 0.1) is 6.92 Å². The van der Waals surface area contributed by atoms with E-state index in [2.05, 4.69) is 36.3 Å². The summed E-state index contributed by atoms with van der Waals surface area (Å²) in [5.41, 5.74) is 3.26. The maximum absolute atomic E-state index is 5.75. The number of hydrogen-bond donors (Lipinski definition) is 1. The summed E-state index contributed by atoms with van der Waals surface area (Å²) in [6.45, 7) is 5.62. The van der Waals surface area contributed by atoms with Crippen LogP contribution in [0.15, 0.2) is 42.6 Å². The summed E-state index contributed by atoms with van der Waals surface area (Å²) in [6, 6.07) is 12.1. The Morgan fingerprint density at radius 1 is 1.21 bits per heavy atom. The molecule has 0 aliphatic heterocycles. The van der Waals surface area contributed by atoms with Crippen LogP contribution in [0.2, 0.25) is 0 Å². The molecule has 19 heavy (non-hydrogen) atoms. The van der Waals surface area contributed by atoms with Gasteiger partial charge in [0.25, 0.3) is 0 Å². The lowest BCUT2D eigenvalue weighted by Crippen LogP contribution is -2.04. The molecule has 0 amide bonds. The predicted molar refractivity (Wildman–Crippen MR) is 78.5 cm³/mol. The first-order valence-electron chi connectivity index (χ1n) is 6.67. The second-order valence-electron chi connectivity index (χ2n) is 4.52. The molecule has 1 aromatic carbocycles. The first-order valence-corrected chi connectivity index (χ1v) is 6.67. The molecule has 1 aromatic heterocycles. The molecule has 2 aromatic rings. The van der Waals surface area contributed by atoms with E-state index in [9.17, 15) is 0 Å². The summed E-state index contributed by atoms with van der Waals surface area (Å²) < 4.78 is 5.75. The summed E-state index contributed by atoms with van der Waals surface area (Å²) in [5, 5.41) is 3.39. The normalized spacial score (nSPS) is 10.2. The van der Waals surface area contributed by atoms with Crippen LogP contribution in [0.25, 0.3) is 0 Å². The van der Waals surface area contributed by atoms with Crippen LogP contribution in [0.4, 0.5) is 5.69 Å². The summed E-state index contributed by atoms with van der Waals surface area (Å²) in [5.74, 6) is 0.906. The van der Waals surface area contributed by atoms with E-state index < -0.39 is 0 Å². The average Bonchev–Trinajstić information content (AvgIpc) is 2.45. The molecule has 0 bridgehead atoms. The van der Waals surface area contributed by atoms with Crippen LogP contribution in [0.3, 0.4) is 0 Å². The zero-order valence-corrected chi connectivity index (χ0v) is 11.5. The molecule has 0 radical (unpaired) electrons. The van der Waals surface area contributed by atoms with Gasteiger partial charge in [0.1, 0.15) is 5.75 Å². The van der Waals surface area contributed by atoms with E-state index >= 15 is 0 Å². The maximum atomic E-state index is 5.75. The number of hydrogen-bond acceptors (Lipinski definition) is 3. The topological polar surface area (TPSA) is 34.1 Å². The molecular weight excluding hydrogens is 236 g/mol. The van der Waals surface area contributed by atoms with Gasteiger partial charge in [-0.3, -0.25) is 4.98 Å². The number of aryl methyl sites for hydroxylation is 1. The van der Waals surface area contributed by atoms with Gasteiger partial charge in [0.15, 0.2) is 0 Å².